The predicted octanol–water partition coefficient (Wildman–Crippen LogP) is 3.09. The summed E-state index contributed by atoms with van der Waals surface area (Å²) in [6.07, 6.45) is 2.42. The Morgan fingerprint density at radius 3 is 2.61 bits per heavy atom. The van der Waals surface area contributed by atoms with E-state index in [2.05, 4.69) is 20.1 Å². The largest absolute Gasteiger partial charge is 0.434 e. The number of aromatic nitrogens is 5. The van der Waals surface area contributed by atoms with Gasteiger partial charge in [-0.05, 0) is 42.4 Å². The maximum absolute atomic E-state index is 12.2. The summed E-state index contributed by atoms with van der Waals surface area (Å²) in [7, 11) is 0. The smallest absolute Gasteiger partial charge is 0.365 e. The van der Waals surface area contributed by atoms with Gasteiger partial charge in [0.05, 0.1) is 15.7 Å². The van der Waals surface area contributed by atoms with Gasteiger partial charge in [0.2, 0.25) is 5.88 Å². The lowest BCUT2D eigenvalue weighted by atomic mass is 9.85. The Labute approximate surface area is 184 Å². The van der Waals surface area contributed by atoms with E-state index in [1.807, 2.05) is 11.9 Å². The van der Waals surface area contributed by atoms with E-state index in [0.29, 0.717) is 17.5 Å². The molecule has 2 heterocycles. The van der Waals surface area contributed by atoms with Crippen molar-refractivity contribution in [2.75, 3.05) is 0 Å². The van der Waals surface area contributed by atoms with Crippen molar-refractivity contribution in [2.45, 2.75) is 32.1 Å². The van der Waals surface area contributed by atoms with Crippen LogP contribution in [0.25, 0.3) is 10.5 Å². The third-order valence-corrected chi connectivity index (χ3v) is 5.55. The molecule has 0 amide bonds. The molecule has 10 nitrogen and oxygen atoms in total. The number of H-pyrrole nitrogens is 2. The van der Waals surface area contributed by atoms with Gasteiger partial charge in [0, 0.05) is 11.1 Å². The molecule has 0 fully saturated rings. The molecule has 2 aromatic heterocycles. The van der Waals surface area contributed by atoms with Crippen LogP contribution in [0.5, 0.6) is 11.6 Å². The van der Waals surface area contributed by atoms with Gasteiger partial charge >= 0.3 is 11.5 Å². The second kappa shape index (κ2) is 8.02. The first kappa shape index (κ1) is 20.8. The van der Waals surface area contributed by atoms with Gasteiger partial charge in [-0.1, -0.05) is 36.7 Å². The van der Waals surface area contributed by atoms with E-state index in [4.69, 9.17) is 34.5 Å². The van der Waals surface area contributed by atoms with Crippen LogP contribution in [-0.2, 0) is 6.42 Å². The Kier molecular flexibility index (Phi) is 5.39. The maximum atomic E-state index is 12.2. The fraction of sp³-hybridized carbons (Fsp3) is 0.263. The number of rotatable bonds is 3. The SMILES string of the molecule is [C-]#[N+]c1nn(-c2cc(Cl)c(Oc3n[nH]c(=O)c4c3CCCC4C)c(Cl)c2)c(=O)[nH]c1=O. The van der Waals surface area contributed by atoms with E-state index in [1.165, 1.54) is 12.1 Å². The topological polar surface area (TPSA) is 127 Å². The van der Waals surface area contributed by atoms with Gasteiger partial charge < -0.3 is 9.58 Å². The van der Waals surface area contributed by atoms with E-state index in [1.54, 1.807) is 0 Å². The van der Waals surface area contributed by atoms with Gasteiger partial charge in [0.15, 0.2) is 5.75 Å². The van der Waals surface area contributed by atoms with E-state index in [0.717, 1.165) is 17.5 Å². The zero-order valence-electron chi connectivity index (χ0n) is 16.0. The summed E-state index contributed by atoms with van der Waals surface area (Å²) in [5.74, 6) is -0.159. The molecule has 3 aromatic rings. The normalized spacial score (nSPS) is 15.2. The van der Waals surface area contributed by atoms with Crippen LogP contribution in [0.1, 0.15) is 36.8 Å². The minimum absolute atomic E-state index is 0.0392. The quantitative estimate of drug-likeness (QED) is 0.578. The number of halogens is 2. The fourth-order valence-corrected chi connectivity index (χ4v) is 4.11. The van der Waals surface area contributed by atoms with Crippen molar-refractivity contribution >= 4 is 29.0 Å². The molecule has 0 radical (unpaired) electrons. The Morgan fingerprint density at radius 2 is 1.94 bits per heavy atom. The average Bonchev–Trinajstić information content (AvgIpc) is 2.72. The number of aromatic amines is 2. The molecule has 0 spiro atoms. The summed E-state index contributed by atoms with van der Waals surface area (Å²) in [4.78, 5) is 40.9. The van der Waals surface area contributed by atoms with Crippen molar-refractivity contribution < 1.29 is 4.74 Å². The molecule has 12 heteroatoms. The van der Waals surface area contributed by atoms with Gasteiger partial charge in [0.25, 0.3) is 11.1 Å². The highest BCUT2D eigenvalue weighted by molar-refractivity contribution is 6.37. The molecule has 1 unspecified atom stereocenters. The van der Waals surface area contributed by atoms with Crippen molar-refractivity contribution in [1.82, 2.24) is 25.0 Å². The molecule has 2 N–H and O–H groups in total. The molecule has 158 valence electrons. The number of ether oxygens (including phenoxy) is 1. The van der Waals surface area contributed by atoms with Crippen LogP contribution in [-0.4, -0.2) is 25.0 Å². The standard InChI is InChI=1S/C19H14Cl2N6O4/c1-8-4-3-5-10-13(8)16(28)24-25-18(10)31-14-11(20)6-9(7-12(14)21)27-19(30)23-17(29)15(22-2)26-27/h6-8H,3-5H2,1H3,(H,24,28)(H,23,29,30). The first-order valence-corrected chi connectivity index (χ1v) is 9.95. The van der Waals surface area contributed by atoms with E-state index in [9.17, 15) is 14.4 Å². The van der Waals surface area contributed by atoms with Crippen LogP contribution in [0.15, 0.2) is 26.5 Å². The van der Waals surface area contributed by atoms with Crippen LogP contribution in [0, 0.1) is 6.57 Å². The minimum atomic E-state index is -0.892. The molecule has 0 aliphatic heterocycles. The molecule has 1 aromatic carbocycles. The van der Waals surface area contributed by atoms with Crippen LogP contribution in [0.2, 0.25) is 10.0 Å². The zero-order chi connectivity index (χ0) is 22.3. The molecule has 31 heavy (non-hydrogen) atoms. The van der Waals surface area contributed by atoms with Crippen LogP contribution in [0.4, 0.5) is 5.82 Å². The predicted molar refractivity (Wildman–Crippen MR) is 113 cm³/mol. The van der Waals surface area contributed by atoms with Crippen molar-refractivity contribution in [1.29, 1.82) is 0 Å². The minimum Gasteiger partial charge on any atom is -0.434 e. The number of hydrogen-bond donors (Lipinski definition) is 2. The van der Waals surface area contributed by atoms with Crippen molar-refractivity contribution in [3.63, 3.8) is 0 Å². The Bertz CT molecular complexity index is 1400. The highest BCUT2D eigenvalue weighted by Gasteiger charge is 2.26. The van der Waals surface area contributed by atoms with Crippen LogP contribution < -0.4 is 21.5 Å². The molecular weight excluding hydrogens is 447 g/mol. The third kappa shape index (κ3) is 3.73. The van der Waals surface area contributed by atoms with Gasteiger partial charge in [-0.2, -0.15) is 0 Å². The summed E-state index contributed by atoms with van der Waals surface area (Å²) < 4.78 is 6.67. The first-order valence-electron chi connectivity index (χ1n) is 9.20. The Balaban J connectivity index is 1.78. The third-order valence-electron chi connectivity index (χ3n) is 4.99. The van der Waals surface area contributed by atoms with Crippen molar-refractivity contribution in [3.05, 3.63) is 75.9 Å². The van der Waals surface area contributed by atoms with Crippen molar-refractivity contribution in [2.24, 2.45) is 0 Å². The number of nitrogens with one attached hydrogen (secondary N) is 2. The summed E-state index contributed by atoms with van der Waals surface area (Å²) >= 11 is 12.7. The highest BCUT2D eigenvalue weighted by Crippen LogP contribution is 2.40. The molecular formula is C19H14Cl2N6O4. The highest BCUT2D eigenvalue weighted by atomic mass is 35.5. The summed E-state index contributed by atoms with van der Waals surface area (Å²) in [6.45, 7) is 8.96. The van der Waals surface area contributed by atoms with E-state index < -0.39 is 17.1 Å². The molecule has 1 atom stereocenters. The summed E-state index contributed by atoms with van der Waals surface area (Å²) in [6, 6.07) is 2.70. The first-order chi connectivity index (χ1) is 14.8. The average molecular weight is 461 g/mol. The van der Waals surface area contributed by atoms with Gasteiger partial charge in [0.1, 0.15) is 0 Å². The van der Waals surface area contributed by atoms with Gasteiger partial charge in [-0.3, -0.25) is 14.6 Å². The summed E-state index contributed by atoms with van der Waals surface area (Å²) in [5.41, 5.74) is -0.533. The molecule has 4 rings (SSSR count). The van der Waals surface area contributed by atoms with Crippen LogP contribution in [0.3, 0.4) is 0 Å². The molecule has 1 aliphatic rings. The number of fused-ring (bicyclic) bond motifs is 1. The van der Waals surface area contributed by atoms with E-state index >= 15 is 0 Å². The van der Waals surface area contributed by atoms with Crippen LogP contribution >= 0.6 is 23.2 Å². The molecule has 0 saturated heterocycles. The number of benzene rings is 1. The zero-order valence-corrected chi connectivity index (χ0v) is 17.5. The second-order valence-electron chi connectivity index (χ2n) is 6.99. The Morgan fingerprint density at radius 1 is 1.23 bits per heavy atom. The number of hydrogen-bond acceptors (Lipinski definition) is 6. The molecule has 1 aliphatic carbocycles. The van der Waals surface area contributed by atoms with Crippen molar-refractivity contribution in [3.8, 4) is 17.3 Å². The maximum Gasteiger partial charge on any atom is 0.365 e. The molecule has 0 bridgehead atoms. The number of nitrogens with zero attached hydrogens (tertiary/aromatic N) is 4. The Hall–Kier alpha value is -3.42. The monoisotopic (exact) mass is 460 g/mol. The lowest BCUT2D eigenvalue weighted by molar-refractivity contribution is 0.435. The summed E-state index contributed by atoms with van der Waals surface area (Å²) in [5, 5.41) is 10.3. The van der Waals surface area contributed by atoms with E-state index in [-0.39, 0.29) is 38.8 Å². The second-order valence-corrected chi connectivity index (χ2v) is 7.80. The van der Waals surface area contributed by atoms with Gasteiger partial charge in [-0.15, -0.1) is 9.78 Å². The fourth-order valence-electron chi connectivity index (χ4n) is 3.56. The molecule has 0 saturated carbocycles. The lowest BCUT2D eigenvalue weighted by Gasteiger charge is -2.22. The van der Waals surface area contributed by atoms with Gasteiger partial charge in [-0.25, -0.2) is 9.89 Å². The lowest BCUT2D eigenvalue weighted by Crippen LogP contribution is -2.30.